The van der Waals surface area contributed by atoms with E-state index in [0.29, 0.717) is 0 Å². The van der Waals surface area contributed by atoms with Gasteiger partial charge in [-0.1, -0.05) is 64.5 Å². The molecule has 0 spiro atoms. The maximum absolute atomic E-state index is 12.8. The largest absolute Gasteiger partial charge is 0.320 e. The van der Waals surface area contributed by atoms with E-state index in [1.165, 1.54) is 6.92 Å². The van der Waals surface area contributed by atoms with Crippen molar-refractivity contribution in [2.45, 2.75) is 19.4 Å². The number of rotatable bonds is 3. The maximum atomic E-state index is 12.8. The van der Waals surface area contributed by atoms with Gasteiger partial charge in [0.25, 0.3) is 5.91 Å². The summed E-state index contributed by atoms with van der Waals surface area (Å²) < 4.78 is 0.787. The average Bonchev–Trinajstić information content (AvgIpc) is 2.62. The van der Waals surface area contributed by atoms with Crippen LogP contribution in [-0.4, -0.2) is 28.7 Å². The maximum Gasteiger partial charge on any atom is 0.277 e. The lowest BCUT2D eigenvalue weighted by Crippen LogP contribution is -2.59. The summed E-state index contributed by atoms with van der Waals surface area (Å²) in [7, 11) is 0. The third-order valence-corrected chi connectivity index (χ3v) is 4.86. The molecule has 0 radical (unpaired) electrons. The van der Waals surface area contributed by atoms with Gasteiger partial charge in [-0.15, -0.1) is 0 Å². The Balaban J connectivity index is 1.93. The van der Waals surface area contributed by atoms with Gasteiger partial charge in [0.2, 0.25) is 11.8 Å². The van der Waals surface area contributed by atoms with E-state index in [-0.39, 0.29) is 18.0 Å². The van der Waals surface area contributed by atoms with Crippen molar-refractivity contribution in [3.63, 3.8) is 0 Å². The molecular formula is C20H17BrN2O3. The lowest BCUT2D eigenvalue weighted by Gasteiger charge is -2.34. The predicted octanol–water partition coefficient (Wildman–Crippen LogP) is 2.91. The van der Waals surface area contributed by atoms with Crippen LogP contribution in [0.15, 0.2) is 64.8 Å². The molecule has 2 aromatic rings. The molecule has 1 aliphatic heterocycles. The summed E-state index contributed by atoms with van der Waals surface area (Å²) in [6.45, 7) is 1.30. The molecule has 0 bridgehead atoms. The minimum absolute atomic E-state index is 0.0846. The van der Waals surface area contributed by atoms with E-state index in [4.69, 9.17) is 0 Å². The van der Waals surface area contributed by atoms with Crippen LogP contribution in [0.25, 0.3) is 6.08 Å². The number of carbonyl (C=O) groups excluding carboxylic acids is 3. The summed E-state index contributed by atoms with van der Waals surface area (Å²) in [5.74, 6) is -1.33. The average molecular weight is 413 g/mol. The highest BCUT2D eigenvalue weighted by Crippen LogP contribution is 2.22. The molecule has 1 fully saturated rings. The molecular weight excluding hydrogens is 396 g/mol. The molecule has 26 heavy (non-hydrogen) atoms. The molecule has 0 aromatic heterocycles. The Morgan fingerprint density at radius 3 is 2.42 bits per heavy atom. The van der Waals surface area contributed by atoms with Crippen LogP contribution in [0.1, 0.15) is 18.1 Å². The van der Waals surface area contributed by atoms with E-state index in [0.717, 1.165) is 20.5 Å². The van der Waals surface area contributed by atoms with E-state index in [1.807, 2.05) is 54.6 Å². The van der Waals surface area contributed by atoms with E-state index < -0.39 is 17.9 Å². The first-order valence-corrected chi connectivity index (χ1v) is 8.92. The molecule has 0 aliphatic carbocycles. The number of amides is 3. The molecule has 1 atom stereocenters. The van der Waals surface area contributed by atoms with Crippen LogP contribution in [0.3, 0.4) is 0 Å². The molecule has 5 nitrogen and oxygen atoms in total. The summed E-state index contributed by atoms with van der Waals surface area (Å²) in [6, 6.07) is 15.8. The van der Waals surface area contributed by atoms with Crippen LogP contribution in [0.5, 0.6) is 0 Å². The molecule has 1 saturated heterocycles. The second-order valence-corrected chi connectivity index (χ2v) is 6.82. The minimum Gasteiger partial charge on any atom is -0.320 e. The zero-order chi connectivity index (χ0) is 18.7. The first kappa shape index (κ1) is 18.1. The molecule has 0 saturated carbocycles. The van der Waals surface area contributed by atoms with E-state index in [2.05, 4.69) is 21.2 Å². The van der Waals surface area contributed by atoms with E-state index in [1.54, 1.807) is 6.08 Å². The fourth-order valence-electron chi connectivity index (χ4n) is 2.89. The Morgan fingerprint density at radius 2 is 1.77 bits per heavy atom. The van der Waals surface area contributed by atoms with Crippen molar-refractivity contribution in [1.29, 1.82) is 0 Å². The number of hydrogen-bond acceptors (Lipinski definition) is 3. The highest BCUT2D eigenvalue weighted by molar-refractivity contribution is 9.10. The molecule has 132 valence electrons. The summed E-state index contributed by atoms with van der Waals surface area (Å²) in [6.07, 6.45) is 1.85. The number of nitrogens with zero attached hydrogens (tertiary/aromatic N) is 1. The van der Waals surface area contributed by atoms with Crippen molar-refractivity contribution < 1.29 is 14.4 Å². The molecule has 6 heteroatoms. The van der Waals surface area contributed by atoms with Crippen molar-refractivity contribution >= 4 is 39.7 Å². The predicted molar refractivity (Wildman–Crippen MR) is 102 cm³/mol. The number of carbonyl (C=O) groups is 3. The van der Waals surface area contributed by atoms with Gasteiger partial charge in [-0.2, -0.15) is 0 Å². The number of benzene rings is 2. The topological polar surface area (TPSA) is 66.5 Å². The standard InChI is InChI=1S/C20H17BrN2O3/c1-13(24)23-18(11-14-7-3-2-4-8-14)19(25)22-17(20(23)26)12-15-9-5-6-10-16(15)21/h2-10,12,18H,11H2,1H3,(H,22,25). The number of hydrogen-bond donors (Lipinski definition) is 1. The number of imide groups is 1. The van der Waals surface area contributed by atoms with Gasteiger partial charge in [-0.25, -0.2) is 0 Å². The van der Waals surface area contributed by atoms with Crippen LogP contribution in [0, 0.1) is 0 Å². The molecule has 2 aromatic carbocycles. The molecule has 1 heterocycles. The van der Waals surface area contributed by atoms with Crippen LogP contribution < -0.4 is 5.32 Å². The smallest absolute Gasteiger partial charge is 0.277 e. The molecule has 1 unspecified atom stereocenters. The highest BCUT2D eigenvalue weighted by atomic mass is 79.9. The zero-order valence-corrected chi connectivity index (χ0v) is 15.7. The third kappa shape index (κ3) is 3.75. The van der Waals surface area contributed by atoms with Crippen molar-refractivity contribution in [3.05, 3.63) is 75.9 Å². The Kier molecular flexibility index (Phi) is 5.32. The van der Waals surface area contributed by atoms with E-state index >= 15 is 0 Å². The van der Waals surface area contributed by atoms with Crippen molar-refractivity contribution in [2.24, 2.45) is 0 Å². The third-order valence-electron chi connectivity index (χ3n) is 4.14. The lowest BCUT2D eigenvalue weighted by atomic mass is 10.0. The summed E-state index contributed by atoms with van der Waals surface area (Å²) in [5.41, 5.74) is 1.70. The normalized spacial score (nSPS) is 18.8. The quantitative estimate of drug-likeness (QED) is 0.788. The molecule has 1 aliphatic rings. The van der Waals surface area contributed by atoms with Gasteiger partial charge >= 0.3 is 0 Å². The van der Waals surface area contributed by atoms with Crippen LogP contribution >= 0.6 is 15.9 Å². The van der Waals surface area contributed by atoms with Gasteiger partial charge in [0.05, 0.1) is 0 Å². The monoisotopic (exact) mass is 412 g/mol. The minimum atomic E-state index is -0.862. The first-order chi connectivity index (χ1) is 12.5. The fraction of sp³-hybridized carbons (Fsp3) is 0.150. The van der Waals surface area contributed by atoms with Crippen molar-refractivity contribution in [2.75, 3.05) is 0 Å². The Bertz CT molecular complexity index is 893. The number of halogens is 1. The Hall–Kier alpha value is -2.73. The second kappa shape index (κ2) is 7.66. The molecule has 3 rings (SSSR count). The van der Waals surface area contributed by atoms with Crippen molar-refractivity contribution in [3.8, 4) is 0 Å². The van der Waals surface area contributed by atoms with Crippen LogP contribution in [0.2, 0.25) is 0 Å². The Labute approximate surface area is 159 Å². The Morgan fingerprint density at radius 1 is 1.12 bits per heavy atom. The van der Waals surface area contributed by atoms with Gasteiger partial charge in [0.15, 0.2) is 0 Å². The van der Waals surface area contributed by atoms with Gasteiger partial charge in [0, 0.05) is 17.8 Å². The second-order valence-electron chi connectivity index (χ2n) is 5.97. The lowest BCUT2D eigenvalue weighted by molar-refractivity contribution is -0.152. The summed E-state index contributed by atoms with van der Waals surface area (Å²) in [5, 5.41) is 2.65. The highest BCUT2D eigenvalue weighted by Gasteiger charge is 2.40. The first-order valence-electron chi connectivity index (χ1n) is 8.12. The van der Waals surface area contributed by atoms with Crippen molar-refractivity contribution in [1.82, 2.24) is 10.2 Å². The number of piperazine rings is 1. The van der Waals surface area contributed by atoms with Crippen LogP contribution in [0.4, 0.5) is 0 Å². The molecule has 1 N–H and O–H groups in total. The summed E-state index contributed by atoms with van der Waals surface area (Å²) in [4.78, 5) is 38.6. The van der Waals surface area contributed by atoms with Crippen LogP contribution in [-0.2, 0) is 20.8 Å². The van der Waals surface area contributed by atoms with Gasteiger partial charge in [-0.05, 0) is 23.3 Å². The van der Waals surface area contributed by atoms with Gasteiger partial charge in [-0.3, -0.25) is 19.3 Å². The molecule has 3 amide bonds. The van der Waals surface area contributed by atoms with Gasteiger partial charge < -0.3 is 5.32 Å². The SMILES string of the molecule is CC(=O)N1C(=O)C(=Cc2ccccc2Br)NC(=O)C1Cc1ccccc1. The zero-order valence-electron chi connectivity index (χ0n) is 14.1. The van der Waals surface area contributed by atoms with Gasteiger partial charge in [0.1, 0.15) is 11.7 Å². The number of nitrogens with one attached hydrogen (secondary N) is 1. The summed E-state index contributed by atoms with van der Waals surface area (Å²) >= 11 is 3.41. The fourth-order valence-corrected chi connectivity index (χ4v) is 3.29. The van der Waals surface area contributed by atoms with E-state index in [9.17, 15) is 14.4 Å².